The van der Waals surface area contributed by atoms with Gasteiger partial charge in [-0.2, -0.15) is 4.98 Å². The molecule has 0 spiro atoms. The number of aliphatic hydroxyl groups excluding tert-OH is 1. The summed E-state index contributed by atoms with van der Waals surface area (Å²) in [6.45, 7) is 10.9. The Morgan fingerprint density at radius 1 is 0.976 bits per heavy atom. The number of fused-ring (bicyclic) bond motifs is 1. The molecule has 0 amide bonds. The second-order valence-corrected chi connectivity index (χ2v) is 11.6. The number of aryl methyl sites for hydroxylation is 1. The van der Waals surface area contributed by atoms with E-state index < -0.39 is 6.10 Å². The first-order valence-electron chi connectivity index (χ1n) is 15.0. The first kappa shape index (κ1) is 27.6. The van der Waals surface area contributed by atoms with E-state index in [-0.39, 0.29) is 0 Å². The van der Waals surface area contributed by atoms with Crippen molar-refractivity contribution in [3.05, 3.63) is 66.1 Å². The van der Waals surface area contributed by atoms with Gasteiger partial charge in [-0.05, 0) is 75.7 Å². The summed E-state index contributed by atoms with van der Waals surface area (Å²) >= 11 is 0. The predicted octanol–water partition coefficient (Wildman–Crippen LogP) is 4.26. The third kappa shape index (κ3) is 6.22. The molecule has 1 aromatic carbocycles. The maximum absolute atomic E-state index is 9.85. The summed E-state index contributed by atoms with van der Waals surface area (Å²) < 4.78 is 2.10. The third-order valence-corrected chi connectivity index (χ3v) is 8.51. The average Bonchev–Trinajstić information content (AvgIpc) is 3.36. The average molecular weight is 555 g/mol. The number of hydrogen-bond donors (Lipinski definition) is 2. The van der Waals surface area contributed by atoms with Gasteiger partial charge < -0.3 is 20.2 Å². The Morgan fingerprint density at radius 2 is 1.73 bits per heavy atom. The Kier molecular flexibility index (Phi) is 8.18. The highest BCUT2D eigenvalue weighted by atomic mass is 16.3. The third-order valence-electron chi connectivity index (χ3n) is 8.51. The van der Waals surface area contributed by atoms with Crippen molar-refractivity contribution >= 4 is 28.4 Å². The number of aliphatic hydroxyl groups is 1. The molecule has 2 fully saturated rings. The standard InChI is InChI=1S/C32H42N8O/c1-4-27-21-24-22-33-32(36-31(24)40(27)30-7-5-6-26(34-30)20-23(2)41)35-25-8-10-28(11-9-25)38-14-12-29(13-15-38)39-18-16-37(3)17-19-39/h5-11,21-23,29,41H,4,12-20H2,1-3H3,(H,33,35,36). The molecule has 0 radical (unpaired) electrons. The second-order valence-electron chi connectivity index (χ2n) is 11.6. The zero-order chi connectivity index (χ0) is 28.3. The number of benzene rings is 1. The van der Waals surface area contributed by atoms with Crippen molar-refractivity contribution in [2.24, 2.45) is 0 Å². The van der Waals surface area contributed by atoms with E-state index in [1.807, 2.05) is 24.4 Å². The first-order chi connectivity index (χ1) is 20.0. The molecule has 2 N–H and O–H groups in total. The maximum atomic E-state index is 9.85. The van der Waals surface area contributed by atoms with Crippen LogP contribution in [-0.4, -0.2) is 92.9 Å². The van der Waals surface area contributed by atoms with Gasteiger partial charge in [0.15, 0.2) is 5.65 Å². The summed E-state index contributed by atoms with van der Waals surface area (Å²) in [6, 6.07) is 17.4. The number of piperazine rings is 1. The van der Waals surface area contributed by atoms with Gasteiger partial charge in [-0.15, -0.1) is 0 Å². The lowest BCUT2D eigenvalue weighted by Gasteiger charge is -2.42. The molecule has 0 aliphatic carbocycles. The van der Waals surface area contributed by atoms with E-state index >= 15 is 0 Å². The molecule has 2 saturated heterocycles. The van der Waals surface area contributed by atoms with Crippen LogP contribution in [0.5, 0.6) is 0 Å². The molecule has 3 aromatic heterocycles. The van der Waals surface area contributed by atoms with Gasteiger partial charge >= 0.3 is 0 Å². The van der Waals surface area contributed by atoms with E-state index in [0.29, 0.717) is 12.4 Å². The number of rotatable bonds is 8. The summed E-state index contributed by atoms with van der Waals surface area (Å²) in [6.07, 6.45) is 5.25. The molecule has 0 bridgehead atoms. The van der Waals surface area contributed by atoms with Crippen LogP contribution < -0.4 is 10.2 Å². The quantitative estimate of drug-likeness (QED) is 0.334. The van der Waals surface area contributed by atoms with Crippen molar-refractivity contribution in [3.8, 4) is 5.82 Å². The molecule has 2 aliphatic heterocycles. The van der Waals surface area contributed by atoms with E-state index in [9.17, 15) is 5.11 Å². The molecule has 6 rings (SSSR count). The van der Waals surface area contributed by atoms with E-state index in [4.69, 9.17) is 9.97 Å². The summed E-state index contributed by atoms with van der Waals surface area (Å²) in [5.74, 6) is 1.36. The van der Waals surface area contributed by atoms with Crippen LogP contribution in [0.15, 0.2) is 54.7 Å². The molecule has 1 unspecified atom stereocenters. The van der Waals surface area contributed by atoms with Crippen LogP contribution in [0.2, 0.25) is 0 Å². The lowest BCUT2D eigenvalue weighted by Crippen LogP contribution is -2.52. The van der Waals surface area contributed by atoms with E-state index in [1.165, 1.54) is 44.7 Å². The fourth-order valence-electron chi connectivity index (χ4n) is 6.19. The number of nitrogens with zero attached hydrogens (tertiary/aromatic N) is 7. The van der Waals surface area contributed by atoms with Crippen molar-refractivity contribution in [1.29, 1.82) is 0 Å². The fraction of sp³-hybridized carbons (Fsp3) is 0.469. The van der Waals surface area contributed by atoms with Crippen LogP contribution in [0, 0.1) is 0 Å². The van der Waals surface area contributed by atoms with Gasteiger partial charge in [-0.3, -0.25) is 9.47 Å². The number of piperidine rings is 1. The first-order valence-corrected chi connectivity index (χ1v) is 15.0. The molecule has 9 nitrogen and oxygen atoms in total. The molecule has 2 aliphatic rings. The van der Waals surface area contributed by atoms with E-state index in [2.05, 4.69) is 73.9 Å². The Bertz CT molecular complexity index is 1450. The van der Waals surface area contributed by atoms with Crippen LogP contribution in [-0.2, 0) is 12.8 Å². The number of likely N-dealkylation sites (N-methyl/N-ethyl adjacent to an activating group) is 1. The van der Waals surface area contributed by atoms with Crippen molar-refractivity contribution in [2.75, 3.05) is 56.5 Å². The molecule has 5 heterocycles. The zero-order valence-electron chi connectivity index (χ0n) is 24.5. The summed E-state index contributed by atoms with van der Waals surface area (Å²) in [7, 11) is 2.22. The number of aromatic nitrogens is 4. The molecular formula is C32H42N8O. The number of pyridine rings is 1. The van der Waals surface area contributed by atoms with Crippen molar-refractivity contribution in [1.82, 2.24) is 29.3 Å². The van der Waals surface area contributed by atoms with Gasteiger partial charge in [0.05, 0.1) is 6.10 Å². The molecule has 1 atom stereocenters. The number of nitrogens with one attached hydrogen (secondary N) is 1. The second kappa shape index (κ2) is 12.1. The highest BCUT2D eigenvalue weighted by Crippen LogP contribution is 2.27. The minimum absolute atomic E-state index is 0.441. The Hall–Kier alpha value is -3.53. The zero-order valence-corrected chi connectivity index (χ0v) is 24.5. The Morgan fingerprint density at radius 3 is 2.44 bits per heavy atom. The van der Waals surface area contributed by atoms with Crippen molar-refractivity contribution in [3.63, 3.8) is 0 Å². The molecule has 4 aromatic rings. The topological polar surface area (TPSA) is 85.6 Å². The summed E-state index contributed by atoms with van der Waals surface area (Å²) in [5.41, 5.74) is 5.03. The smallest absolute Gasteiger partial charge is 0.229 e. The van der Waals surface area contributed by atoms with Crippen molar-refractivity contribution < 1.29 is 5.11 Å². The fourth-order valence-corrected chi connectivity index (χ4v) is 6.19. The van der Waals surface area contributed by atoms with Crippen LogP contribution >= 0.6 is 0 Å². The van der Waals surface area contributed by atoms with Crippen molar-refractivity contribution in [2.45, 2.75) is 51.7 Å². The minimum atomic E-state index is -0.441. The highest BCUT2D eigenvalue weighted by Gasteiger charge is 2.26. The highest BCUT2D eigenvalue weighted by molar-refractivity contribution is 5.80. The Labute approximate surface area is 242 Å². The Balaban J connectivity index is 1.15. The predicted molar refractivity (Wildman–Crippen MR) is 165 cm³/mol. The van der Waals surface area contributed by atoms with Crippen LogP contribution in [0.25, 0.3) is 16.9 Å². The van der Waals surface area contributed by atoms with Crippen LogP contribution in [0.3, 0.4) is 0 Å². The lowest BCUT2D eigenvalue weighted by atomic mass is 10.0. The molecule has 0 saturated carbocycles. The van der Waals surface area contributed by atoms with Crippen LogP contribution in [0.1, 0.15) is 38.1 Å². The molecule has 9 heteroatoms. The van der Waals surface area contributed by atoms with E-state index in [0.717, 1.165) is 59.5 Å². The molecule has 41 heavy (non-hydrogen) atoms. The molecular weight excluding hydrogens is 512 g/mol. The van der Waals surface area contributed by atoms with Gasteiger partial charge in [-0.1, -0.05) is 13.0 Å². The van der Waals surface area contributed by atoms with Gasteiger partial charge in [0.2, 0.25) is 5.95 Å². The SMILES string of the molecule is CCc1cc2cnc(Nc3ccc(N4CCC(N5CCN(C)CC5)CC4)cc3)nc2n1-c1cccc(CC(C)O)n1. The normalized spacial score (nSPS) is 18.2. The van der Waals surface area contributed by atoms with Gasteiger partial charge in [0, 0.05) is 86.1 Å². The monoisotopic (exact) mass is 554 g/mol. The largest absolute Gasteiger partial charge is 0.393 e. The minimum Gasteiger partial charge on any atom is -0.393 e. The van der Waals surface area contributed by atoms with Crippen LogP contribution in [0.4, 0.5) is 17.3 Å². The van der Waals surface area contributed by atoms with Gasteiger partial charge in [0.25, 0.3) is 0 Å². The van der Waals surface area contributed by atoms with Gasteiger partial charge in [-0.25, -0.2) is 9.97 Å². The maximum Gasteiger partial charge on any atom is 0.229 e. The van der Waals surface area contributed by atoms with Gasteiger partial charge in [0.1, 0.15) is 5.82 Å². The number of anilines is 3. The number of hydrogen-bond acceptors (Lipinski definition) is 8. The van der Waals surface area contributed by atoms with E-state index in [1.54, 1.807) is 6.92 Å². The summed E-state index contributed by atoms with van der Waals surface area (Å²) in [5, 5.41) is 14.2. The molecule has 216 valence electrons. The lowest BCUT2D eigenvalue weighted by molar-refractivity contribution is 0.0982. The summed E-state index contributed by atoms with van der Waals surface area (Å²) in [4.78, 5) is 22.0.